The third-order valence-corrected chi connectivity index (χ3v) is 4.82. The van der Waals surface area contributed by atoms with Crippen molar-refractivity contribution in [2.75, 3.05) is 18.4 Å². The average molecular weight is 341 g/mol. The Bertz CT molecular complexity index is 884. The molecule has 3 nitrogen and oxygen atoms in total. The second-order valence-corrected chi connectivity index (χ2v) is 6.45. The summed E-state index contributed by atoms with van der Waals surface area (Å²) < 4.78 is 28.9. The number of hydrogen-bond acceptors (Lipinski definition) is 2. The van der Waals surface area contributed by atoms with E-state index in [1.54, 1.807) is 18.2 Å². The Morgan fingerprint density at radius 1 is 1.04 bits per heavy atom. The predicted octanol–water partition coefficient (Wildman–Crippen LogP) is 4.07. The lowest BCUT2D eigenvalue weighted by Gasteiger charge is -2.17. The molecule has 1 aliphatic heterocycles. The molecular weight excluding hydrogens is 320 g/mol. The van der Waals surface area contributed by atoms with Crippen molar-refractivity contribution < 1.29 is 8.78 Å². The van der Waals surface area contributed by atoms with Crippen LogP contribution in [0.3, 0.4) is 0 Å². The maximum absolute atomic E-state index is 13.7. The van der Waals surface area contributed by atoms with Gasteiger partial charge in [0.2, 0.25) is 0 Å². The average Bonchev–Trinajstić information content (AvgIpc) is 2.94. The van der Waals surface area contributed by atoms with Gasteiger partial charge in [0.05, 0.1) is 0 Å². The number of nitrogens with zero attached hydrogens (tertiary/aromatic N) is 1. The van der Waals surface area contributed by atoms with Crippen LogP contribution >= 0.6 is 0 Å². The zero-order valence-corrected chi connectivity index (χ0v) is 14.0. The predicted molar refractivity (Wildman–Crippen MR) is 96.8 cm³/mol. The van der Waals surface area contributed by atoms with Gasteiger partial charge < -0.3 is 15.2 Å². The molecule has 1 aliphatic rings. The van der Waals surface area contributed by atoms with Crippen molar-refractivity contribution >= 4 is 16.6 Å². The number of hydrogen-bond donors (Lipinski definition) is 2. The van der Waals surface area contributed by atoms with Crippen molar-refractivity contribution in [1.82, 2.24) is 9.88 Å². The summed E-state index contributed by atoms with van der Waals surface area (Å²) in [5.41, 5.74) is 4.58. The van der Waals surface area contributed by atoms with Crippen LogP contribution in [0.2, 0.25) is 0 Å². The standard InChI is InChI=1S/C20H21F2N3/c21-14-2-5-16(6-3-14)24-9-1-11-25-19-7-4-15(22)12-17(19)18-13-23-10-8-20(18)25/h2-7,12,23-24H,1,8-11,13H2. The fourth-order valence-electron chi connectivity index (χ4n) is 3.65. The molecule has 130 valence electrons. The number of nitrogens with one attached hydrogen (secondary N) is 2. The van der Waals surface area contributed by atoms with E-state index in [0.29, 0.717) is 0 Å². The number of aromatic nitrogens is 1. The number of halogens is 2. The molecular formula is C20H21F2N3. The molecule has 0 saturated carbocycles. The van der Waals surface area contributed by atoms with Crippen molar-refractivity contribution in [3.05, 3.63) is 65.4 Å². The van der Waals surface area contributed by atoms with E-state index in [2.05, 4.69) is 15.2 Å². The molecule has 1 aromatic heterocycles. The molecule has 5 heteroatoms. The minimum Gasteiger partial charge on any atom is -0.385 e. The fourth-order valence-corrected chi connectivity index (χ4v) is 3.65. The first-order chi connectivity index (χ1) is 12.2. The van der Waals surface area contributed by atoms with Gasteiger partial charge in [-0.2, -0.15) is 0 Å². The molecule has 3 aromatic rings. The van der Waals surface area contributed by atoms with E-state index in [4.69, 9.17) is 0 Å². The largest absolute Gasteiger partial charge is 0.385 e. The molecule has 0 saturated heterocycles. The van der Waals surface area contributed by atoms with Gasteiger partial charge in [-0.1, -0.05) is 0 Å². The van der Waals surface area contributed by atoms with Crippen LogP contribution in [0.5, 0.6) is 0 Å². The second-order valence-electron chi connectivity index (χ2n) is 6.45. The van der Waals surface area contributed by atoms with Gasteiger partial charge in [0.25, 0.3) is 0 Å². The Morgan fingerprint density at radius 2 is 1.84 bits per heavy atom. The lowest BCUT2D eigenvalue weighted by molar-refractivity contribution is 0.586. The van der Waals surface area contributed by atoms with Crippen LogP contribution in [0.4, 0.5) is 14.5 Å². The Morgan fingerprint density at radius 3 is 2.68 bits per heavy atom. The summed E-state index contributed by atoms with van der Waals surface area (Å²) in [7, 11) is 0. The summed E-state index contributed by atoms with van der Waals surface area (Å²) in [6.45, 7) is 3.45. The normalized spacial score (nSPS) is 13.8. The van der Waals surface area contributed by atoms with Gasteiger partial charge in [-0.15, -0.1) is 0 Å². The maximum Gasteiger partial charge on any atom is 0.123 e. The smallest absolute Gasteiger partial charge is 0.123 e. The Labute approximate surface area is 145 Å². The van der Waals surface area contributed by atoms with E-state index >= 15 is 0 Å². The summed E-state index contributed by atoms with van der Waals surface area (Å²) in [6, 6.07) is 11.5. The molecule has 0 spiro atoms. The quantitative estimate of drug-likeness (QED) is 0.685. The van der Waals surface area contributed by atoms with Crippen molar-refractivity contribution in [3.8, 4) is 0 Å². The summed E-state index contributed by atoms with van der Waals surface area (Å²) in [6.07, 6.45) is 1.91. The molecule has 0 bridgehead atoms. The minimum atomic E-state index is -0.225. The van der Waals surface area contributed by atoms with Gasteiger partial charge in [-0.25, -0.2) is 8.78 Å². The van der Waals surface area contributed by atoms with Crippen molar-refractivity contribution in [2.24, 2.45) is 0 Å². The monoisotopic (exact) mass is 341 g/mol. The van der Waals surface area contributed by atoms with E-state index in [0.717, 1.165) is 55.6 Å². The molecule has 0 radical (unpaired) electrons. The second kappa shape index (κ2) is 6.84. The maximum atomic E-state index is 13.7. The molecule has 0 unspecified atom stereocenters. The molecule has 0 fully saturated rings. The van der Waals surface area contributed by atoms with E-state index in [9.17, 15) is 8.78 Å². The van der Waals surface area contributed by atoms with Crippen LogP contribution in [0.25, 0.3) is 10.9 Å². The molecule has 2 aromatic carbocycles. The van der Waals surface area contributed by atoms with Gasteiger partial charge in [0, 0.05) is 54.9 Å². The van der Waals surface area contributed by atoms with E-state index in [1.165, 1.54) is 29.5 Å². The molecule has 0 amide bonds. The highest BCUT2D eigenvalue weighted by atomic mass is 19.1. The Balaban J connectivity index is 1.50. The molecule has 25 heavy (non-hydrogen) atoms. The lowest BCUT2D eigenvalue weighted by Crippen LogP contribution is -2.24. The minimum absolute atomic E-state index is 0.184. The number of fused-ring (bicyclic) bond motifs is 3. The van der Waals surface area contributed by atoms with Crippen molar-refractivity contribution in [1.29, 1.82) is 0 Å². The molecule has 2 N–H and O–H groups in total. The summed E-state index contributed by atoms with van der Waals surface area (Å²) in [5, 5.41) is 7.72. The van der Waals surface area contributed by atoms with Crippen LogP contribution in [0.15, 0.2) is 42.5 Å². The number of benzene rings is 2. The topological polar surface area (TPSA) is 29.0 Å². The molecule has 2 heterocycles. The van der Waals surface area contributed by atoms with Crippen molar-refractivity contribution in [2.45, 2.75) is 25.9 Å². The van der Waals surface area contributed by atoms with Gasteiger partial charge in [0.1, 0.15) is 11.6 Å². The van der Waals surface area contributed by atoms with Crippen LogP contribution in [-0.4, -0.2) is 17.7 Å². The van der Waals surface area contributed by atoms with Crippen LogP contribution in [0, 0.1) is 11.6 Å². The fraction of sp³-hybridized carbons (Fsp3) is 0.300. The Kier molecular flexibility index (Phi) is 4.40. The third-order valence-electron chi connectivity index (χ3n) is 4.82. The Hall–Kier alpha value is -2.40. The molecule has 0 atom stereocenters. The first-order valence-corrected chi connectivity index (χ1v) is 8.72. The van der Waals surface area contributed by atoms with E-state index < -0.39 is 0 Å². The van der Waals surface area contributed by atoms with Crippen LogP contribution in [-0.2, 0) is 19.5 Å². The first kappa shape index (κ1) is 16.1. The molecule has 4 rings (SSSR count). The zero-order chi connectivity index (χ0) is 17.2. The summed E-state index contributed by atoms with van der Waals surface area (Å²) >= 11 is 0. The third kappa shape index (κ3) is 3.24. The summed E-state index contributed by atoms with van der Waals surface area (Å²) in [4.78, 5) is 0. The van der Waals surface area contributed by atoms with Crippen LogP contribution < -0.4 is 10.6 Å². The van der Waals surface area contributed by atoms with Gasteiger partial charge in [-0.05, 0) is 54.4 Å². The number of anilines is 1. The SMILES string of the molecule is Fc1ccc(NCCCn2c3c(c4cc(F)ccc42)CNCC3)cc1. The highest BCUT2D eigenvalue weighted by molar-refractivity contribution is 5.86. The highest BCUT2D eigenvalue weighted by Gasteiger charge is 2.19. The van der Waals surface area contributed by atoms with Crippen molar-refractivity contribution in [3.63, 3.8) is 0 Å². The van der Waals surface area contributed by atoms with Crippen LogP contribution in [0.1, 0.15) is 17.7 Å². The number of rotatable bonds is 5. The van der Waals surface area contributed by atoms with Gasteiger partial charge >= 0.3 is 0 Å². The van der Waals surface area contributed by atoms with E-state index in [-0.39, 0.29) is 11.6 Å². The highest BCUT2D eigenvalue weighted by Crippen LogP contribution is 2.29. The van der Waals surface area contributed by atoms with Gasteiger partial charge in [-0.3, -0.25) is 0 Å². The number of aryl methyl sites for hydroxylation is 1. The van der Waals surface area contributed by atoms with E-state index in [1.807, 2.05) is 6.07 Å². The lowest BCUT2D eigenvalue weighted by atomic mass is 10.1. The zero-order valence-electron chi connectivity index (χ0n) is 14.0. The van der Waals surface area contributed by atoms with Gasteiger partial charge in [0.15, 0.2) is 0 Å². The summed E-state index contributed by atoms with van der Waals surface area (Å²) in [5.74, 6) is -0.409. The molecule has 0 aliphatic carbocycles. The first-order valence-electron chi connectivity index (χ1n) is 8.72.